The van der Waals surface area contributed by atoms with E-state index in [0.29, 0.717) is 76.2 Å². The Morgan fingerprint density at radius 2 is 0.803 bits per heavy atom. The summed E-state index contributed by atoms with van der Waals surface area (Å²) in [5.74, 6) is 0.0566. The number of esters is 8. The van der Waals surface area contributed by atoms with E-state index in [1.165, 1.54) is 31.2 Å². The van der Waals surface area contributed by atoms with Gasteiger partial charge in [-0.05, 0) is 290 Å². The predicted octanol–water partition coefficient (Wildman–Crippen LogP) is 22.0. The molecule has 0 radical (unpaired) electrons. The third kappa shape index (κ3) is 55.4. The first-order valence-corrected chi connectivity index (χ1v) is 49.0. The number of carbonyl (C=O) groups is 9. The first-order valence-electron chi connectivity index (χ1n) is 49.0. The Kier molecular flexibility index (Phi) is 62.7. The minimum absolute atomic E-state index is 0.0613. The zero-order valence-electron chi connectivity index (χ0n) is 87.9. The Labute approximate surface area is 796 Å². The van der Waals surface area contributed by atoms with Gasteiger partial charge in [0.05, 0.1) is 107 Å². The average molecular weight is 1880 g/mol. The van der Waals surface area contributed by atoms with Gasteiger partial charge >= 0.3 is 53.7 Å². The van der Waals surface area contributed by atoms with Crippen LogP contribution in [0.3, 0.4) is 0 Å². The van der Waals surface area contributed by atoms with Gasteiger partial charge in [0, 0.05) is 13.0 Å². The quantitative estimate of drug-likeness (QED) is 0.0241. The molecule has 132 heavy (non-hydrogen) atoms. The van der Waals surface area contributed by atoms with E-state index in [9.17, 15) is 43.2 Å². The first kappa shape index (κ1) is 127. The van der Waals surface area contributed by atoms with Crippen LogP contribution in [0.1, 0.15) is 373 Å². The molecule has 3 N–H and O–H groups in total. The van der Waals surface area contributed by atoms with Crippen molar-refractivity contribution in [2.75, 3.05) is 72.7 Å². The van der Waals surface area contributed by atoms with Gasteiger partial charge in [-0.3, -0.25) is 43.2 Å². The van der Waals surface area contributed by atoms with Crippen molar-refractivity contribution in [2.45, 2.75) is 418 Å². The third-order valence-electron chi connectivity index (χ3n) is 25.3. The number of carboxylic acid groups (broad SMARTS) is 1. The molecule has 2 aromatic rings. The van der Waals surface area contributed by atoms with Gasteiger partial charge in [0.15, 0.2) is 12.6 Å². The topological polar surface area (TPSA) is 363 Å². The lowest BCUT2D eigenvalue weighted by atomic mass is 9.89. The predicted molar refractivity (Wildman–Crippen MR) is 515 cm³/mol. The highest BCUT2D eigenvalue weighted by molar-refractivity contribution is 5.79. The Hall–Kier alpha value is -6.85. The van der Waals surface area contributed by atoms with Gasteiger partial charge in [-0.15, -0.1) is 0 Å². The van der Waals surface area contributed by atoms with Crippen LogP contribution in [0, 0.1) is 54.7 Å². The van der Waals surface area contributed by atoms with Crippen LogP contribution < -0.4 is 4.74 Å². The van der Waals surface area contributed by atoms with Crippen molar-refractivity contribution in [3.05, 3.63) is 65.7 Å². The molecule has 766 valence electrons. The Morgan fingerprint density at radius 3 is 1.18 bits per heavy atom. The molecule has 0 bridgehead atoms. The summed E-state index contributed by atoms with van der Waals surface area (Å²) >= 11 is 0. The second kappa shape index (κ2) is 65.0. The van der Waals surface area contributed by atoms with Crippen LogP contribution >= 0.6 is 0 Å². The fourth-order valence-electron chi connectivity index (χ4n) is 10.4. The van der Waals surface area contributed by atoms with Gasteiger partial charge in [0.1, 0.15) is 51.0 Å². The number of aliphatic hydroxyl groups is 2. The highest BCUT2D eigenvalue weighted by Crippen LogP contribution is 2.40. The standard InChI is InChI=1S/C14H26O3.C13H22O3.2C13H18O2.C11H20O3.C10H20O3.C9H16O3.2C8H16O3.C6H12O2/c1-5-14(3,4)13(15)17-11(2)16-12-9-7-6-8-10-12;1-4-13(2,3)12(14)15-8-9-5-6-10-11(7-9)16-10;1-3-10(2)11-4-6-12(7-5-11)14-8-13-9-15-13;1-4-13(2,3)12(14)15-10-11-8-6-5-7-9-11;1-4-11(2,3)10(12)14-9-7-5-6-8-13-9;1-6-10(4,5)9(11)13-8(3)12-7-2;1-4-9(2,3)8(10)12-6-7-5-11-7;2*1-4-8(2,3)7(10)11-6-5-9;1-4-6(2,3)5(7)8/h11-12H,5-10H2,1-4H3;9-11H,4-8H2,1-3H3;4-7,10,13H,3,8-9H2,1-2H3;5-9H,4,10H2,1-3H3;9H,4-8H2,1-3H3;8H,6-7H2,1-5H3;7H,4-6H2,1-3H3;2*9H,4-6H2,1-3H3;4H2,1-3H3,(H,7,8). The third-order valence-corrected chi connectivity index (χ3v) is 25.3. The number of aliphatic hydroxyl groups excluding tert-OH is 2. The molecular formula is C105H184O27. The molecule has 0 aromatic heterocycles. The van der Waals surface area contributed by atoms with E-state index in [1.54, 1.807) is 20.8 Å². The minimum atomic E-state index is -0.722. The molecule has 9 atom stereocenters. The van der Waals surface area contributed by atoms with E-state index < -0.39 is 45.6 Å². The summed E-state index contributed by atoms with van der Waals surface area (Å²) in [6, 6.07) is 18.1. The maximum Gasteiger partial charge on any atom is 0.313 e. The van der Waals surface area contributed by atoms with Crippen molar-refractivity contribution in [3.8, 4) is 5.75 Å². The molecule has 2 aliphatic carbocycles. The molecule has 0 amide bonds. The van der Waals surface area contributed by atoms with Crippen molar-refractivity contribution in [1.82, 2.24) is 0 Å². The number of hydrogen-bond acceptors (Lipinski definition) is 26. The molecule has 9 unspecified atom stereocenters. The summed E-state index contributed by atoms with van der Waals surface area (Å²) in [6.07, 6.45) is 21.0. The number of epoxide rings is 3. The van der Waals surface area contributed by atoms with E-state index in [0.717, 1.165) is 127 Å². The van der Waals surface area contributed by atoms with E-state index in [2.05, 4.69) is 26.0 Å². The summed E-state index contributed by atoms with van der Waals surface area (Å²) in [6.45, 7) is 66.0. The largest absolute Gasteiger partial charge is 0.491 e. The van der Waals surface area contributed by atoms with Crippen LogP contribution in [0.15, 0.2) is 54.6 Å². The summed E-state index contributed by atoms with van der Waals surface area (Å²) in [4.78, 5) is 102. The summed E-state index contributed by atoms with van der Waals surface area (Å²) in [5, 5.41) is 25.2. The highest BCUT2D eigenvalue weighted by atomic mass is 16.7. The Morgan fingerprint density at radius 1 is 0.409 bits per heavy atom. The van der Waals surface area contributed by atoms with E-state index >= 15 is 0 Å². The van der Waals surface area contributed by atoms with Gasteiger partial charge in [0.2, 0.25) is 6.29 Å². The number of carbonyl (C=O) groups excluding carboxylic acids is 8. The van der Waals surface area contributed by atoms with E-state index in [-0.39, 0.29) is 114 Å². The number of hydrogen-bond donors (Lipinski definition) is 3. The van der Waals surface area contributed by atoms with Gasteiger partial charge in [-0.1, -0.05) is 138 Å². The molecule has 6 aliphatic rings. The molecule has 4 aliphatic heterocycles. The van der Waals surface area contributed by atoms with E-state index in [4.69, 9.17) is 86.4 Å². The van der Waals surface area contributed by atoms with Crippen molar-refractivity contribution < 1.29 is 130 Å². The smallest absolute Gasteiger partial charge is 0.313 e. The Balaban J connectivity index is 0. The molecule has 2 saturated carbocycles. The maximum atomic E-state index is 11.8. The molecule has 6 fully saturated rings. The number of rotatable bonds is 40. The van der Waals surface area contributed by atoms with Crippen LogP contribution in [0.2, 0.25) is 0 Å². The number of carboxylic acids is 1. The average Bonchev–Trinajstić information content (AvgIpc) is 1.66. The normalized spacial score (nSPS) is 18.7. The lowest BCUT2D eigenvalue weighted by molar-refractivity contribution is -0.197. The van der Waals surface area contributed by atoms with Crippen LogP contribution in [0.25, 0.3) is 0 Å². The number of ether oxygens (including phenoxy) is 15. The monoisotopic (exact) mass is 1880 g/mol. The molecule has 27 heteroatoms. The molecule has 27 nitrogen and oxygen atoms in total. The summed E-state index contributed by atoms with van der Waals surface area (Å²) < 4.78 is 78.2. The molecule has 8 rings (SSSR count). The zero-order chi connectivity index (χ0) is 102. The van der Waals surface area contributed by atoms with Gasteiger partial charge in [0.25, 0.3) is 0 Å². The maximum absolute atomic E-state index is 11.8. The van der Waals surface area contributed by atoms with Crippen LogP contribution in [0.5, 0.6) is 5.75 Å². The van der Waals surface area contributed by atoms with Crippen molar-refractivity contribution in [2.24, 2.45) is 54.7 Å². The van der Waals surface area contributed by atoms with Crippen molar-refractivity contribution >= 4 is 53.7 Å². The van der Waals surface area contributed by atoms with Crippen molar-refractivity contribution in [1.29, 1.82) is 0 Å². The molecule has 2 aromatic carbocycles. The Bertz CT molecular complexity index is 3450. The minimum Gasteiger partial charge on any atom is -0.491 e. The molecule has 0 spiro atoms. The van der Waals surface area contributed by atoms with Crippen LogP contribution in [-0.2, 0) is 116 Å². The number of fused-ring (bicyclic) bond motifs is 1. The second-order valence-corrected chi connectivity index (χ2v) is 40.4. The fourth-order valence-corrected chi connectivity index (χ4v) is 10.4. The number of aliphatic carboxylic acids is 1. The first-order chi connectivity index (χ1) is 61.5. The summed E-state index contributed by atoms with van der Waals surface area (Å²) in [5.41, 5.74) is -1.26. The van der Waals surface area contributed by atoms with Gasteiger partial charge < -0.3 is 86.4 Å². The SMILES string of the molecule is CCC(C)(C)C(=O)O.CCC(C)(C)C(=O)OC(C)OC1CCCCC1.CCC(C)(C)C(=O)OC1CCCCO1.CCC(C)(C)C(=O)OCC1CCC2OC2C1.CCC(C)(C)C(=O)OCC1CO1.CCC(C)(C)C(=O)OCCO.CCC(C)(C)C(=O)OCCO.CCC(C)(C)C(=O)OCc1ccccc1.CCC(C)c1ccc(OCC2CO2)cc1.CCOC(C)OC(=O)C(C)(C)CC. The van der Waals surface area contributed by atoms with Crippen LogP contribution in [-0.4, -0.2) is 191 Å². The molecule has 4 heterocycles. The zero-order valence-corrected chi connectivity index (χ0v) is 87.9. The van der Waals surface area contributed by atoms with Gasteiger partial charge in [-0.25, -0.2) is 0 Å². The lowest BCUT2D eigenvalue weighted by Crippen LogP contribution is -2.32. The van der Waals surface area contributed by atoms with Crippen molar-refractivity contribution in [3.63, 3.8) is 0 Å². The molecule has 4 saturated heterocycles. The summed E-state index contributed by atoms with van der Waals surface area (Å²) in [7, 11) is 0. The van der Waals surface area contributed by atoms with Crippen LogP contribution in [0.4, 0.5) is 0 Å². The lowest BCUT2D eigenvalue weighted by Gasteiger charge is -2.28. The second-order valence-electron chi connectivity index (χ2n) is 40.4. The fraction of sp³-hybridized carbons (Fsp3) is 0.800. The van der Waals surface area contributed by atoms with E-state index in [1.807, 2.05) is 229 Å². The van der Waals surface area contributed by atoms with Gasteiger partial charge in [-0.2, -0.15) is 0 Å². The highest BCUT2D eigenvalue weighted by Gasteiger charge is 2.45. The number of benzene rings is 2. The molecular weight excluding hydrogens is 1690 g/mol.